The minimum atomic E-state index is -3.95. The van der Waals surface area contributed by atoms with Crippen molar-refractivity contribution in [3.05, 3.63) is 136 Å². The van der Waals surface area contributed by atoms with Gasteiger partial charge in [-0.15, -0.1) is 0 Å². The van der Waals surface area contributed by atoms with Crippen LogP contribution in [0.15, 0.2) is 108 Å². The van der Waals surface area contributed by atoms with Crippen molar-refractivity contribution in [3.8, 4) is 22.5 Å². The van der Waals surface area contributed by atoms with Gasteiger partial charge in [0.2, 0.25) is 0 Å². The Bertz CT molecular complexity index is 1850. The summed E-state index contributed by atoms with van der Waals surface area (Å²) in [5.41, 5.74) is 7.65. The number of amides is 1. The normalized spacial score (nSPS) is 13.3. The molecule has 0 fully saturated rings. The first-order chi connectivity index (χ1) is 22.4. The molecule has 0 aliphatic carbocycles. The zero-order valence-electron chi connectivity index (χ0n) is 28.0. The molecule has 5 aromatic rings. The first-order valence-corrected chi connectivity index (χ1v) is 17.8. The van der Waals surface area contributed by atoms with Gasteiger partial charge in [0.05, 0.1) is 12.3 Å². The molecule has 0 saturated carbocycles. The van der Waals surface area contributed by atoms with Crippen molar-refractivity contribution in [1.29, 1.82) is 0 Å². The maximum absolute atomic E-state index is 12.7. The molecule has 1 heterocycles. The van der Waals surface area contributed by atoms with E-state index in [0.29, 0.717) is 22.8 Å². The molecule has 4 aromatic carbocycles. The van der Waals surface area contributed by atoms with Gasteiger partial charge in [-0.2, -0.15) is 0 Å². The Morgan fingerprint density at radius 1 is 0.938 bits per heavy atom. The monoisotopic (exact) mass is 692 g/mol. The van der Waals surface area contributed by atoms with Gasteiger partial charge in [0, 0.05) is 40.8 Å². The molecule has 10 heteroatoms. The number of hydrogen-bond donors (Lipinski definition) is 1. The van der Waals surface area contributed by atoms with Crippen molar-refractivity contribution in [1.82, 2.24) is 10.5 Å². The van der Waals surface area contributed by atoms with Crippen LogP contribution >= 0.6 is 19.2 Å². The molecule has 0 bridgehead atoms. The number of carbonyl (C=O) groups is 1. The largest absolute Gasteiger partial charge is 1.00 e. The van der Waals surface area contributed by atoms with E-state index in [1.807, 2.05) is 54.6 Å². The predicted molar refractivity (Wildman–Crippen MR) is 186 cm³/mol. The number of nitrogens with one attached hydrogen (secondary N) is 1. The van der Waals surface area contributed by atoms with E-state index in [0.717, 1.165) is 33.5 Å². The van der Waals surface area contributed by atoms with Gasteiger partial charge in [-0.1, -0.05) is 104 Å². The molecule has 244 valence electrons. The van der Waals surface area contributed by atoms with Crippen LogP contribution in [-0.2, 0) is 20.9 Å². The van der Waals surface area contributed by atoms with Crippen LogP contribution in [0.3, 0.4) is 0 Å². The van der Waals surface area contributed by atoms with E-state index >= 15 is 0 Å². The molecule has 0 saturated heterocycles. The fourth-order valence-corrected chi connectivity index (χ4v) is 6.42. The van der Waals surface area contributed by atoms with Gasteiger partial charge in [0.1, 0.15) is 7.60 Å². The van der Waals surface area contributed by atoms with Gasteiger partial charge in [0.15, 0.2) is 5.76 Å². The summed E-state index contributed by atoms with van der Waals surface area (Å²) in [6.07, 6.45) is 0.368. The first-order valence-electron chi connectivity index (χ1n) is 15.7. The number of rotatable bonds is 12. The number of nitrogens with zero attached hydrogens (tertiary/aromatic N) is 1. The molecular weight excluding hydrogens is 654 g/mol. The first kappa shape index (κ1) is 37.8. The molecule has 1 amide bonds. The molecule has 1 aromatic heterocycles. The van der Waals surface area contributed by atoms with Crippen LogP contribution in [0.1, 0.15) is 66.4 Å². The molecule has 5 rings (SSSR count). The zero-order valence-corrected chi connectivity index (χ0v) is 31.7. The van der Waals surface area contributed by atoms with Crippen molar-refractivity contribution in [2.24, 2.45) is 0 Å². The second-order valence-corrected chi connectivity index (χ2v) is 14.9. The summed E-state index contributed by atoms with van der Waals surface area (Å²) in [5.74, 6) is 0.223. The zero-order chi connectivity index (χ0) is 33.6. The van der Waals surface area contributed by atoms with Crippen molar-refractivity contribution in [2.75, 3.05) is 19.3 Å². The van der Waals surface area contributed by atoms with Crippen LogP contribution in [0.2, 0.25) is 5.02 Å². The molecule has 0 radical (unpaired) electrons. The van der Waals surface area contributed by atoms with E-state index in [1.165, 1.54) is 5.56 Å². The van der Waals surface area contributed by atoms with E-state index < -0.39 is 7.60 Å². The molecule has 1 N–H and O–H groups in total. The van der Waals surface area contributed by atoms with Crippen molar-refractivity contribution in [2.45, 2.75) is 45.4 Å². The Labute approximate surface area is 309 Å². The van der Waals surface area contributed by atoms with Crippen LogP contribution in [0.5, 0.6) is 0 Å². The Kier molecular flexibility index (Phi) is 13.1. The van der Waals surface area contributed by atoms with E-state index in [9.17, 15) is 14.3 Å². The average Bonchev–Trinajstić information content (AvgIpc) is 3.54. The Balaban J connectivity index is 0.00000520. The van der Waals surface area contributed by atoms with Gasteiger partial charge in [-0.05, 0) is 76.9 Å². The number of hydrogen-bond acceptors (Lipinski definition) is 6. The molecule has 0 aliphatic rings. The topological polar surface area (TPSA) is 104 Å². The van der Waals surface area contributed by atoms with Crippen molar-refractivity contribution in [3.63, 3.8) is 0 Å². The van der Waals surface area contributed by atoms with Crippen LogP contribution in [0.25, 0.3) is 22.5 Å². The summed E-state index contributed by atoms with van der Waals surface area (Å²) in [7, 11) is -3.95. The average molecular weight is 693 g/mol. The minimum Gasteiger partial charge on any atom is -0.778 e. The number of benzene rings is 4. The van der Waals surface area contributed by atoms with E-state index in [4.69, 9.17) is 20.6 Å². The number of aromatic nitrogens is 1. The van der Waals surface area contributed by atoms with Crippen LogP contribution < -0.4 is 39.8 Å². The van der Waals surface area contributed by atoms with Gasteiger partial charge in [-0.25, -0.2) is 0 Å². The van der Waals surface area contributed by atoms with Crippen molar-refractivity contribution < 1.29 is 52.9 Å². The molecule has 0 aliphatic heterocycles. The Morgan fingerprint density at radius 3 is 2.25 bits per heavy atom. The summed E-state index contributed by atoms with van der Waals surface area (Å²) >= 11 is 6.10. The molecule has 48 heavy (non-hydrogen) atoms. The number of carbonyl (C=O) groups excluding carboxylic acids is 1. The second-order valence-electron chi connectivity index (χ2n) is 12.5. The standard InChI is InChI=1S/C38H40ClN2O5P.Na/c1-5-45-47(43,44)22-21-40-37(42)29-11-9-26(10-12-29)23-34(28-13-17-32(18-14-28)38(2,3)4)35-25-36(46-41-35)31-8-6-7-30(24-31)27-15-19-33(39)20-16-27;/h6-20,24-25,34H,5,21-23H2,1-4H3,(H,40,42)(H,43,44);/q;+1/p-1. The summed E-state index contributed by atoms with van der Waals surface area (Å²) in [6.45, 7) is 8.24. The van der Waals surface area contributed by atoms with Gasteiger partial charge in [0.25, 0.3) is 5.91 Å². The smallest absolute Gasteiger partial charge is 0.778 e. The molecule has 0 spiro atoms. The molecule has 2 atom stereocenters. The van der Waals surface area contributed by atoms with Crippen molar-refractivity contribution >= 4 is 25.1 Å². The third-order valence-electron chi connectivity index (χ3n) is 8.04. The van der Waals surface area contributed by atoms with E-state index in [-0.39, 0.29) is 66.1 Å². The van der Waals surface area contributed by atoms with E-state index in [1.54, 1.807) is 19.1 Å². The summed E-state index contributed by atoms with van der Waals surface area (Å²) in [4.78, 5) is 24.5. The summed E-state index contributed by atoms with van der Waals surface area (Å²) in [6, 6.07) is 33.9. The van der Waals surface area contributed by atoms with Gasteiger partial charge < -0.3 is 23.8 Å². The second kappa shape index (κ2) is 16.6. The molecule has 2 unspecified atom stereocenters. The third-order valence-corrected chi connectivity index (χ3v) is 9.72. The fraction of sp³-hybridized carbons (Fsp3) is 0.263. The molecular formula is C38H39ClN2NaO5P. The third kappa shape index (κ3) is 10.0. The Hall–Kier alpha value is -3.00. The van der Waals surface area contributed by atoms with Crippen LogP contribution in [0, 0.1) is 0 Å². The molecule has 7 nitrogen and oxygen atoms in total. The maximum Gasteiger partial charge on any atom is 1.00 e. The summed E-state index contributed by atoms with van der Waals surface area (Å²) < 4.78 is 22.5. The predicted octanol–water partition coefficient (Wildman–Crippen LogP) is 5.66. The maximum atomic E-state index is 12.7. The van der Waals surface area contributed by atoms with Crippen LogP contribution in [0.4, 0.5) is 0 Å². The van der Waals surface area contributed by atoms with Crippen LogP contribution in [-0.4, -0.2) is 30.4 Å². The van der Waals surface area contributed by atoms with E-state index in [2.05, 4.69) is 67.6 Å². The van der Waals surface area contributed by atoms with Gasteiger partial charge >= 0.3 is 29.6 Å². The SMILES string of the molecule is CCOP(=O)([O-])CCNC(=O)c1ccc(CC(c2ccc(C(C)(C)C)cc2)c2cc(-c3cccc(-c4ccc(Cl)cc4)c3)on2)cc1.[Na+]. The Morgan fingerprint density at radius 2 is 1.60 bits per heavy atom. The minimum absolute atomic E-state index is 0. The van der Waals surface area contributed by atoms with Gasteiger partial charge in [-0.3, -0.25) is 4.79 Å². The number of halogens is 1. The fourth-order valence-electron chi connectivity index (χ4n) is 5.39. The quantitative estimate of drug-likeness (QED) is 0.134. The summed E-state index contributed by atoms with van der Waals surface area (Å²) in [5, 5.41) is 7.90.